The molecular formula is C14H16N2OS. The number of nitrogen functional groups attached to an aromatic ring is 1. The molecule has 0 aliphatic heterocycles. The highest BCUT2D eigenvalue weighted by Gasteiger charge is 2.11. The molecule has 1 aromatic carbocycles. The molecule has 2 aromatic rings. The highest BCUT2D eigenvalue weighted by molar-refractivity contribution is 7.14. The summed E-state index contributed by atoms with van der Waals surface area (Å²) in [7, 11) is 0. The summed E-state index contributed by atoms with van der Waals surface area (Å²) in [6.07, 6.45) is 0.953. The predicted octanol–water partition coefficient (Wildman–Crippen LogP) is 3.45. The Morgan fingerprint density at radius 1 is 1.39 bits per heavy atom. The van der Waals surface area contributed by atoms with Crippen molar-refractivity contribution >= 4 is 28.6 Å². The maximum atomic E-state index is 12.0. The fourth-order valence-corrected chi connectivity index (χ4v) is 2.51. The number of anilines is 2. The zero-order valence-electron chi connectivity index (χ0n) is 10.5. The Bertz CT molecular complexity index is 555. The van der Waals surface area contributed by atoms with E-state index in [2.05, 4.69) is 12.2 Å². The maximum absolute atomic E-state index is 12.0. The first-order chi connectivity index (χ1) is 8.60. The third-order valence-corrected chi connectivity index (χ3v) is 3.84. The summed E-state index contributed by atoms with van der Waals surface area (Å²) in [6.45, 7) is 4.00. The van der Waals surface area contributed by atoms with Crippen LogP contribution in [-0.4, -0.2) is 5.91 Å². The van der Waals surface area contributed by atoms with Crippen LogP contribution < -0.4 is 11.1 Å². The summed E-state index contributed by atoms with van der Waals surface area (Å²) >= 11 is 1.41. The molecule has 0 bridgehead atoms. The molecule has 0 aliphatic carbocycles. The lowest BCUT2D eigenvalue weighted by molar-refractivity contribution is 0.103. The number of nitrogens with one attached hydrogen (secondary N) is 1. The van der Waals surface area contributed by atoms with Crippen molar-refractivity contribution in [2.24, 2.45) is 0 Å². The Hall–Kier alpha value is -1.81. The second-order valence-electron chi connectivity index (χ2n) is 4.13. The molecule has 0 fully saturated rings. The number of benzene rings is 1. The summed E-state index contributed by atoms with van der Waals surface area (Å²) in [5, 5.41) is 2.89. The molecule has 0 radical (unpaired) electrons. The van der Waals surface area contributed by atoms with E-state index in [0.717, 1.165) is 17.0 Å². The van der Waals surface area contributed by atoms with Gasteiger partial charge in [0.15, 0.2) is 0 Å². The summed E-state index contributed by atoms with van der Waals surface area (Å²) in [4.78, 5) is 13.6. The zero-order valence-corrected chi connectivity index (χ0v) is 11.3. The minimum atomic E-state index is -0.104. The fraction of sp³-hybridized carbons (Fsp3) is 0.214. The van der Waals surface area contributed by atoms with Crippen molar-refractivity contribution in [2.75, 3.05) is 11.1 Å². The van der Waals surface area contributed by atoms with E-state index >= 15 is 0 Å². The Labute approximate surface area is 111 Å². The van der Waals surface area contributed by atoms with Crippen LogP contribution >= 0.6 is 11.3 Å². The highest BCUT2D eigenvalue weighted by atomic mass is 32.1. The number of hydrogen-bond donors (Lipinski definition) is 2. The largest absolute Gasteiger partial charge is 0.398 e. The van der Waals surface area contributed by atoms with Crippen LogP contribution in [0.3, 0.4) is 0 Å². The van der Waals surface area contributed by atoms with Gasteiger partial charge in [-0.2, -0.15) is 0 Å². The van der Waals surface area contributed by atoms with E-state index < -0.39 is 0 Å². The first-order valence-electron chi connectivity index (χ1n) is 5.86. The van der Waals surface area contributed by atoms with Gasteiger partial charge in [0, 0.05) is 16.3 Å². The lowest BCUT2D eigenvalue weighted by atomic mass is 10.1. The van der Waals surface area contributed by atoms with E-state index in [1.807, 2.05) is 31.2 Å². The number of carbonyl (C=O) groups is 1. The minimum Gasteiger partial charge on any atom is -0.398 e. The van der Waals surface area contributed by atoms with Crippen LogP contribution in [0.25, 0.3) is 0 Å². The van der Waals surface area contributed by atoms with E-state index in [0.29, 0.717) is 10.6 Å². The zero-order chi connectivity index (χ0) is 13.1. The van der Waals surface area contributed by atoms with Gasteiger partial charge >= 0.3 is 0 Å². The van der Waals surface area contributed by atoms with Crippen LogP contribution in [0, 0.1) is 6.92 Å². The average Bonchev–Trinajstić information content (AvgIpc) is 2.70. The molecule has 18 heavy (non-hydrogen) atoms. The van der Waals surface area contributed by atoms with Crippen LogP contribution in [0.4, 0.5) is 11.4 Å². The van der Waals surface area contributed by atoms with Gasteiger partial charge in [0.2, 0.25) is 0 Å². The maximum Gasteiger partial charge on any atom is 0.265 e. The van der Waals surface area contributed by atoms with Gasteiger partial charge < -0.3 is 11.1 Å². The van der Waals surface area contributed by atoms with Gasteiger partial charge in [-0.15, -0.1) is 11.3 Å². The van der Waals surface area contributed by atoms with E-state index in [-0.39, 0.29) is 5.91 Å². The van der Waals surface area contributed by atoms with Gasteiger partial charge in [0.1, 0.15) is 0 Å². The second-order valence-corrected chi connectivity index (χ2v) is 5.39. The molecule has 0 saturated carbocycles. The first-order valence-corrected chi connectivity index (χ1v) is 6.68. The van der Waals surface area contributed by atoms with Crippen molar-refractivity contribution in [3.8, 4) is 0 Å². The third-order valence-electron chi connectivity index (χ3n) is 2.77. The molecule has 1 aromatic heterocycles. The van der Waals surface area contributed by atoms with Gasteiger partial charge in [-0.05, 0) is 37.1 Å². The lowest BCUT2D eigenvalue weighted by Crippen LogP contribution is -2.10. The van der Waals surface area contributed by atoms with Crippen LogP contribution in [-0.2, 0) is 6.42 Å². The van der Waals surface area contributed by atoms with Crippen molar-refractivity contribution in [3.05, 3.63) is 45.6 Å². The predicted molar refractivity (Wildman–Crippen MR) is 77.2 cm³/mol. The Morgan fingerprint density at radius 2 is 2.17 bits per heavy atom. The molecule has 4 heteroatoms. The van der Waals surface area contributed by atoms with Crippen LogP contribution in [0.5, 0.6) is 0 Å². The van der Waals surface area contributed by atoms with E-state index in [9.17, 15) is 4.79 Å². The molecule has 1 heterocycles. The normalized spacial score (nSPS) is 10.3. The second kappa shape index (κ2) is 5.23. The van der Waals surface area contributed by atoms with Gasteiger partial charge in [0.25, 0.3) is 5.91 Å². The summed E-state index contributed by atoms with van der Waals surface area (Å²) in [5.74, 6) is -0.104. The monoisotopic (exact) mass is 260 g/mol. The quantitative estimate of drug-likeness (QED) is 0.888. The van der Waals surface area contributed by atoms with E-state index in [4.69, 9.17) is 5.73 Å². The molecule has 0 spiro atoms. The third kappa shape index (κ3) is 2.71. The average molecular weight is 260 g/mol. The minimum absolute atomic E-state index is 0.104. The molecule has 2 rings (SSSR count). The van der Waals surface area contributed by atoms with Crippen LogP contribution in [0.1, 0.15) is 27.0 Å². The molecule has 3 N–H and O–H groups in total. The molecule has 94 valence electrons. The smallest absolute Gasteiger partial charge is 0.265 e. The molecular weight excluding hydrogens is 244 g/mol. The van der Waals surface area contributed by atoms with Crippen molar-refractivity contribution in [1.29, 1.82) is 0 Å². The van der Waals surface area contributed by atoms with Gasteiger partial charge in [-0.25, -0.2) is 0 Å². The summed E-state index contributed by atoms with van der Waals surface area (Å²) in [5.41, 5.74) is 8.45. The topological polar surface area (TPSA) is 55.1 Å². The Morgan fingerprint density at radius 3 is 2.78 bits per heavy atom. The summed E-state index contributed by atoms with van der Waals surface area (Å²) in [6, 6.07) is 9.59. The SMILES string of the molecule is CCc1cccc(NC(=O)c2cc(N)c(C)s2)c1. The van der Waals surface area contributed by atoms with Gasteiger partial charge in [0.05, 0.1) is 4.88 Å². The van der Waals surface area contributed by atoms with Crippen molar-refractivity contribution in [2.45, 2.75) is 20.3 Å². The van der Waals surface area contributed by atoms with Crippen molar-refractivity contribution < 1.29 is 4.79 Å². The fourth-order valence-electron chi connectivity index (χ4n) is 1.67. The molecule has 0 atom stereocenters. The number of carbonyl (C=O) groups excluding carboxylic acids is 1. The Kier molecular flexibility index (Phi) is 3.67. The van der Waals surface area contributed by atoms with Crippen LogP contribution in [0.15, 0.2) is 30.3 Å². The van der Waals surface area contributed by atoms with Gasteiger partial charge in [-0.1, -0.05) is 19.1 Å². The van der Waals surface area contributed by atoms with E-state index in [1.165, 1.54) is 16.9 Å². The molecule has 3 nitrogen and oxygen atoms in total. The lowest BCUT2D eigenvalue weighted by Gasteiger charge is -2.05. The van der Waals surface area contributed by atoms with Crippen molar-refractivity contribution in [3.63, 3.8) is 0 Å². The number of nitrogens with two attached hydrogens (primary N) is 1. The summed E-state index contributed by atoms with van der Waals surface area (Å²) < 4.78 is 0. The van der Waals surface area contributed by atoms with E-state index in [1.54, 1.807) is 6.07 Å². The number of thiophene rings is 1. The standard InChI is InChI=1S/C14H16N2OS/c1-3-10-5-4-6-11(7-10)16-14(17)13-8-12(15)9(2)18-13/h4-8H,3,15H2,1-2H3,(H,16,17). The van der Waals surface area contributed by atoms with Gasteiger partial charge in [-0.3, -0.25) is 4.79 Å². The number of hydrogen-bond acceptors (Lipinski definition) is 3. The molecule has 1 amide bonds. The Balaban J connectivity index is 2.15. The van der Waals surface area contributed by atoms with Crippen molar-refractivity contribution in [1.82, 2.24) is 0 Å². The highest BCUT2D eigenvalue weighted by Crippen LogP contribution is 2.24. The number of aryl methyl sites for hydroxylation is 2. The first kappa shape index (κ1) is 12.6. The molecule has 0 aliphatic rings. The number of rotatable bonds is 3. The number of amides is 1. The van der Waals surface area contributed by atoms with Crippen LogP contribution in [0.2, 0.25) is 0 Å². The molecule has 0 saturated heterocycles. The molecule has 0 unspecified atom stereocenters.